The van der Waals surface area contributed by atoms with Gasteiger partial charge in [-0.15, -0.1) is 10.2 Å². The predicted molar refractivity (Wildman–Crippen MR) is 124 cm³/mol. The number of hydrogen-bond donors (Lipinski definition) is 0. The molecule has 2 saturated carbocycles. The minimum atomic E-state index is -4.53. The van der Waals surface area contributed by atoms with E-state index in [0.29, 0.717) is 40.8 Å². The number of likely N-dealkylation sites (tertiary alicyclic amines) is 1. The zero-order chi connectivity index (χ0) is 27.6. The molecule has 7 nitrogen and oxygen atoms in total. The Bertz CT molecular complexity index is 1350. The lowest BCUT2D eigenvalue weighted by Gasteiger charge is -2.59. The Morgan fingerprint density at radius 1 is 1.00 bits per heavy atom. The molecule has 4 fully saturated rings. The Labute approximate surface area is 224 Å². The molecule has 5 aliphatic rings. The van der Waals surface area contributed by atoms with E-state index >= 15 is 0 Å². The molecule has 1 amide bonds. The van der Waals surface area contributed by atoms with Gasteiger partial charge in [-0.3, -0.25) is 14.3 Å². The molecule has 0 atom stereocenters. The maximum atomic E-state index is 14.2. The molecule has 2 aliphatic carbocycles. The Hall–Kier alpha value is -2.38. The van der Waals surface area contributed by atoms with Gasteiger partial charge in [0.05, 0.1) is 25.4 Å². The van der Waals surface area contributed by atoms with Gasteiger partial charge in [0, 0.05) is 36.0 Å². The second-order valence-corrected chi connectivity index (χ2v) is 12.2. The average Bonchev–Trinajstić information content (AvgIpc) is 3.50. The molecule has 1 spiro atoms. The van der Waals surface area contributed by atoms with Crippen LogP contribution in [0, 0.1) is 10.8 Å². The van der Waals surface area contributed by atoms with Gasteiger partial charge in [0.1, 0.15) is 11.2 Å². The van der Waals surface area contributed by atoms with E-state index in [9.17, 15) is 31.1 Å². The summed E-state index contributed by atoms with van der Waals surface area (Å²) < 4.78 is 89.5. The van der Waals surface area contributed by atoms with E-state index in [0.717, 1.165) is 0 Å². The highest BCUT2D eigenvalue weighted by molar-refractivity contribution is 6.30. The smallest absolute Gasteiger partial charge is 0.377 e. The van der Waals surface area contributed by atoms with Crippen LogP contribution < -0.4 is 0 Å². The van der Waals surface area contributed by atoms with Crippen LogP contribution in [0.2, 0.25) is 5.02 Å². The summed E-state index contributed by atoms with van der Waals surface area (Å²) in [6.45, 7) is -0.493. The van der Waals surface area contributed by atoms with Crippen LogP contribution in [-0.2, 0) is 22.6 Å². The second kappa shape index (κ2) is 7.88. The zero-order valence-corrected chi connectivity index (χ0v) is 21.3. The van der Waals surface area contributed by atoms with Gasteiger partial charge in [-0.1, -0.05) is 11.6 Å². The molecular weight excluding hydrogens is 552 g/mol. The number of amides is 1. The van der Waals surface area contributed by atoms with Crippen LogP contribution >= 0.6 is 11.6 Å². The first-order valence-electron chi connectivity index (χ1n) is 12.8. The van der Waals surface area contributed by atoms with Gasteiger partial charge in [-0.25, -0.2) is 0 Å². The first kappa shape index (κ1) is 25.6. The highest BCUT2D eigenvalue weighted by Crippen LogP contribution is 2.62. The Morgan fingerprint density at radius 3 is 2.26 bits per heavy atom. The third kappa shape index (κ3) is 3.54. The van der Waals surface area contributed by atoms with E-state index in [1.54, 1.807) is 22.8 Å². The minimum absolute atomic E-state index is 0.00576. The Balaban J connectivity index is 1.14. The van der Waals surface area contributed by atoms with Gasteiger partial charge in [-0.2, -0.15) is 26.3 Å². The van der Waals surface area contributed by atoms with Crippen molar-refractivity contribution in [3.8, 4) is 5.69 Å². The fraction of sp³-hybridized carbons (Fsp3) is 0.640. The number of benzene rings is 1. The highest BCUT2D eigenvalue weighted by atomic mass is 35.5. The van der Waals surface area contributed by atoms with Crippen LogP contribution in [0.5, 0.6) is 0 Å². The molecule has 210 valence electrons. The normalized spacial score (nSPS) is 25.2. The zero-order valence-electron chi connectivity index (χ0n) is 20.6. The number of ether oxygens (including phenoxy) is 1. The SMILES string of the molecule is O=C(N1CC2(CC(c3nnc4n3-c3ccc(Cl)cc3CN(C3(C(F)(F)F)COC3)C4)C2)C1)C1(C(F)(F)F)CC1. The van der Waals surface area contributed by atoms with Crippen molar-refractivity contribution in [2.24, 2.45) is 10.8 Å². The van der Waals surface area contributed by atoms with Gasteiger partial charge in [0.15, 0.2) is 11.4 Å². The molecule has 3 aliphatic heterocycles. The number of alkyl halides is 6. The van der Waals surface area contributed by atoms with Crippen molar-refractivity contribution < 1.29 is 35.9 Å². The molecule has 1 aromatic carbocycles. The van der Waals surface area contributed by atoms with E-state index in [2.05, 4.69) is 10.2 Å². The van der Waals surface area contributed by atoms with E-state index in [-0.39, 0.29) is 50.4 Å². The summed E-state index contributed by atoms with van der Waals surface area (Å²) in [5.74, 6) is 0.0593. The van der Waals surface area contributed by atoms with Crippen molar-refractivity contribution in [3.63, 3.8) is 0 Å². The maximum absolute atomic E-state index is 14.2. The van der Waals surface area contributed by atoms with Gasteiger partial charge in [-0.05, 0) is 49.4 Å². The standard InChI is InChI=1S/C25H24ClF6N5O2/c26-16-1-2-17-14(5-16)8-36(23(12-39-13-23)25(30,31)32)9-18-33-34-19(37(17)18)15-6-21(7-15)10-35(11-21)20(38)22(3-4-22)24(27,28)29/h1-2,5,15H,3-4,6-13H2. The molecule has 1 aromatic heterocycles. The number of nitrogens with zero attached hydrogens (tertiary/aromatic N) is 5. The summed E-state index contributed by atoms with van der Waals surface area (Å²) >= 11 is 6.23. The molecule has 14 heteroatoms. The molecule has 0 unspecified atom stereocenters. The second-order valence-electron chi connectivity index (χ2n) is 11.8. The van der Waals surface area contributed by atoms with Crippen LogP contribution in [0.15, 0.2) is 18.2 Å². The third-order valence-electron chi connectivity index (χ3n) is 9.31. The van der Waals surface area contributed by atoms with Crippen molar-refractivity contribution >= 4 is 17.5 Å². The summed E-state index contributed by atoms with van der Waals surface area (Å²) in [6.07, 6.45) is -8.14. The average molecular weight is 576 g/mol. The number of aromatic nitrogens is 3. The molecule has 2 aromatic rings. The summed E-state index contributed by atoms with van der Waals surface area (Å²) in [6, 6.07) is 5.07. The molecule has 2 saturated heterocycles. The first-order valence-corrected chi connectivity index (χ1v) is 13.1. The largest absolute Gasteiger partial charge is 0.411 e. The maximum Gasteiger partial charge on any atom is 0.411 e. The number of fused-ring (bicyclic) bond motifs is 3. The topological polar surface area (TPSA) is 63.5 Å². The lowest BCUT2D eigenvalue weighted by atomic mass is 9.57. The number of halogens is 7. The molecule has 0 N–H and O–H groups in total. The summed E-state index contributed by atoms with van der Waals surface area (Å²) in [7, 11) is 0. The van der Waals surface area contributed by atoms with E-state index < -0.39 is 42.4 Å². The van der Waals surface area contributed by atoms with Crippen LogP contribution in [0.1, 0.15) is 48.8 Å². The number of carbonyl (C=O) groups is 1. The molecule has 0 radical (unpaired) electrons. The summed E-state index contributed by atoms with van der Waals surface area (Å²) in [4.78, 5) is 15.2. The molecule has 4 heterocycles. The lowest BCUT2D eigenvalue weighted by Crippen LogP contribution is -2.69. The van der Waals surface area contributed by atoms with Gasteiger partial charge >= 0.3 is 12.4 Å². The highest BCUT2D eigenvalue weighted by Gasteiger charge is 2.71. The fourth-order valence-corrected chi connectivity index (χ4v) is 6.99. The van der Waals surface area contributed by atoms with Crippen LogP contribution in [0.3, 0.4) is 0 Å². The quantitative estimate of drug-likeness (QED) is 0.500. The van der Waals surface area contributed by atoms with E-state index in [4.69, 9.17) is 16.3 Å². The lowest BCUT2D eigenvalue weighted by molar-refractivity contribution is -0.310. The summed E-state index contributed by atoms with van der Waals surface area (Å²) in [5.41, 5.74) is -3.35. The third-order valence-corrected chi connectivity index (χ3v) is 9.55. The van der Waals surface area contributed by atoms with Crippen LogP contribution in [0.25, 0.3) is 5.69 Å². The van der Waals surface area contributed by atoms with Crippen molar-refractivity contribution in [2.45, 2.75) is 62.6 Å². The van der Waals surface area contributed by atoms with Gasteiger partial charge < -0.3 is 9.64 Å². The van der Waals surface area contributed by atoms with Crippen LogP contribution in [-0.4, -0.2) is 74.7 Å². The minimum Gasteiger partial charge on any atom is -0.377 e. The molecule has 39 heavy (non-hydrogen) atoms. The first-order chi connectivity index (χ1) is 18.3. The van der Waals surface area contributed by atoms with Crippen LogP contribution in [0.4, 0.5) is 26.3 Å². The monoisotopic (exact) mass is 575 g/mol. The summed E-state index contributed by atoms with van der Waals surface area (Å²) in [5, 5.41) is 9.06. The van der Waals surface area contributed by atoms with E-state index in [1.165, 1.54) is 9.80 Å². The predicted octanol–water partition coefficient (Wildman–Crippen LogP) is 4.62. The fourth-order valence-electron chi connectivity index (χ4n) is 6.79. The van der Waals surface area contributed by atoms with Crippen molar-refractivity contribution in [1.82, 2.24) is 24.6 Å². The Kier molecular flexibility index (Phi) is 5.17. The number of carbonyl (C=O) groups excluding carboxylic acids is 1. The van der Waals surface area contributed by atoms with E-state index in [1.807, 2.05) is 0 Å². The van der Waals surface area contributed by atoms with Gasteiger partial charge in [0.2, 0.25) is 5.91 Å². The van der Waals surface area contributed by atoms with Crippen molar-refractivity contribution in [1.29, 1.82) is 0 Å². The van der Waals surface area contributed by atoms with Gasteiger partial charge in [0.25, 0.3) is 0 Å². The van der Waals surface area contributed by atoms with Crippen molar-refractivity contribution in [2.75, 3.05) is 26.3 Å². The number of rotatable bonds is 3. The van der Waals surface area contributed by atoms with Crippen molar-refractivity contribution in [3.05, 3.63) is 40.4 Å². The number of hydrogen-bond acceptors (Lipinski definition) is 5. The molecule has 7 rings (SSSR count). The molecule has 0 bridgehead atoms. The molecular formula is C25H24ClF6N5O2. The Morgan fingerprint density at radius 2 is 1.69 bits per heavy atom.